The normalized spacial score (nSPS) is 21.4. The number of carbonyl (C=O) groups excluding carboxylic acids is 1. The molecule has 1 unspecified atom stereocenters. The van der Waals surface area contributed by atoms with Gasteiger partial charge in [-0.05, 0) is 12.1 Å². The second-order valence-electron chi connectivity index (χ2n) is 2.78. The van der Waals surface area contributed by atoms with Crippen molar-refractivity contribution >= 4 is 5.78 Å². The van der Waals surface area contributed by atoms with Crippen LogP contribution in [-0.4, -0.2) is 12.0 Å². The maximum atomic E-state index is 11.3. The van der Waals surface area contributed by atoms with E-state index in [0.717, 1.165) is 0 Å². The second kappa shape index (κ2) is 2.60. The molecule has 1 aromatic rings. The highest BCUT2D eigenvalue weighted by Crippen LogP contribution is 2.25. The molecule has 1 aliphatic rings. The molecule has 1 atom stereocenters. The van der Waals surface area contributed by atoms with Crippen molar-refractivity contribution in [1.82, 2.24) is 0 Å². The van der Waals surface area contributed by atoms with Crippen molar-refractivity contribution in [2.24, 2.45) is 5.73 Å². The molecule has 0 bridgehead atoms. The minimum absolute atomic E-state index is 0.0596. The molecule has 12 heavy (non-hydrogen) atoms. The van der Waals surface area contributed by atoms with E-state index in [0.29, 0.717) is 11.3 Å². The summed E-state index contributed by atoms with van der Waals surface area (Å²) in [5.74, 6) is 0.658. The van der Waals surface area contributed by atoms with E-state index in [2.05, 4.69) is 0 Å². The van der Waals surface area contributed by atoms with Gasteiger partial charge in [-0.1, -0.05) is 12.1 Å². The molecule has 3 nitrogen and oxygen atoms in total. The van der Waals surface area contributed by atoms with Crippen LogP contribution < -0.4 is 10.5 Å². The number of Topliss-reactive ketones (excluding diaryl/α,β-unsaturated/α-hetero) is 1. The van der Waals surface area contributed by atoms with E-state index >= 15 is 0 Å². The first-order chi connectivity index (χ1) is 5.77. The molecular formula is C9H9NO2. The molecule has 2 rings (SSSR count). The van der Waals surface area contributed by atoms with Crippen molar-refractivity contribution < 1.29 is 9.53 Å². The highest BCUT2D eigenvalue weighted by atomic mass is 16.5. The highest BCUT2D eigenvalue weighted by Gasteiger charge is 2.22. The summed E-state index contributed by atoms with van der Waals surface area (Å²) in [7, 11) is 0. The molecule has 0 saturated carbocycles. The Morgan fingerprint density at radius 1 is 1.42 bits per heavy atom. The lowest BCUT2D eigenvalue weighted by Gasteiger charge is -2.21. The summed E-state index contributed by atoms with van der Waals surface area (Å²) >= 11 is 0. The fraction of sp³-hybridized carbons (Fsp3) is 0.222. The maximum Gasteiger partial charge on any atom is 0.171 e. The quantitative estimate of drug-likeness (QED) is 0.619. The van der Waals surface area contributed by atoms with Crippen LogP contribution in [0.3, 0.4) is 0 Å². The minimum Gasteiger partial charge on any atom is -0.474 e. The van der Waals surface area contributed by atoms with Gasteiger partial charge in [0.2, 0.25) is 0 Å². The zero-order valence-corrected chi connectivity index (χ0v) is 6.49. The smallest absolute Gasteiger partial charge is 0.171 e. The number of rotatable bonds is 0. The second-order valence-corrected chi connectivity index (χ2v) is 2.78. The summed E-state index contributed by atoms with van der Waals surface area (Å²) in [4.78, 5) is 11.3. The van der Waals surface area contributed by atoms with Gasteiger partial charge in [-0.25, -0.2) is 0 Å². The van der Waals surface area contributed by atoms with Crippen LogP contribution in [0, 0.1) is 0 Å². The molecule has 0 spiro atoms. The Morgan fingerprint density at radius 3 is 3.00 bits per heavy atom. The van der Waals surface area contributed by atoms with Crippen LogP contribution in [-0.2, 0) is 0 Å². The van der Waals surface area contributed by atoms with E-state index in [1.54, 1.807) is 12.1 Å². The van der Waals surface area contributed by atoms with Crippen LogP contribution in [0.4, 0.5) is 0 Å². The van der Waals surface area contributed by atoms with Gasteiger partial charge in [0.15, 0.2) is 12.0 Å². The van der Waals surface area contributed by atoms with Crippen LogP contribution in [0.25, 0.3) is 0 Å². The summed E-state index contributed by atoms with van der Waals surface area (Å²) < 4.78 is 5.26. The molecule has 1 aromatic carbocycles. The number of para-hydroxylation sites is 1. The third-order valence-corrected chi connectivity index (χ3v) is 1.85. The van der Waals surface area contributed by atoms with E-state index in [1.807, 2.05) is 12.1 Å². The molecule has 0 aromatic heterocycles. The average molecular weight is 163 g/mol. The number of benzene rings is 1. The summed E-state index contributed by atoms with van der Waals surface area (Å²) in [6, 6.07) is 7.15. The Bertz CT molecular complexity index is 322. The fourth-order valence-corrected chi connectivity index (χ4v) is 1.30. The lowest BCUT2D eigenvalue weighted by Crippen LogP contribution is -2.34. The zero-order valence-electron chi connectivity index (χ0n) is 6.49. The Kier molecular flexibility index (Phi) is 1.59. The summed E-state index contributed by atoms with van der Waals surface area (Å²) in [6.07, 6.45) is -0.204. The van der Waals surface area contributed by atoms with Gasteiger partial charge in [0.25, 0.3) is 0 Å². The molecule has 3 heteroatoms. The van der Waals surface area contributed by atoms with Crippen molar-refractivity contribution in [3.05, 3.63) is 29.8 Å². The van der Waals surface area contributed by atoms with Crippen LogP contribution >= 0.6 is 0 Å². The molecule has 0 aliphatic carbocycles. The SMILES string of the molecule is NC1CC(=O)c2ccccc2O1. The zero-order chi connectivity index (χ0) is 8.55. The number of nitrogens with two attached hydrogens (primary N) is 1. The Labute approximate surface area is 70.1 Å². The fourth-order valence-electron chi connectivity index (χ4n) is 1.30. The van der Waals surface area contributed by atoms with Crippen molar-refractivity contribution in [3.8, 4) is 5.75 Å². The minimum atomic E-state index is -0.479. The van der Waals surface area contributed by atoms with Crippen LogP contribution in [0.1, 0.15) is 16.8 Å². The number of hydrogen-bond acceptors (Lipinski definition) is 3. The first-order valence-corrected chi connectivity index (χ1v) is 3.82. The van der Waals surface area contributed by atoms with Crippen LogP contribution in [0.2, 0.25) is 0 Å². The first kappa shape index (κ1) is 7.31. The Hall–Kier alpha value is -1.35. The number of ether oxygens (including phenoxy) is 1. The summed E-state index contributed by atoms with van der Waals surface area (Å²) in [5, 5.41) is 0. The van der Waals surface area contributed by atoms with Crippen LogP contribution in [0.5, 0.6) is 5.75 Å². The monoisotopic (exact) mass is 163 g/mol. The molecule has 62 valence electrons. The van der Waals surface area contributed by atoms with Gasteiger partial charge in [-0.3, -0.25) is 10.5 Å². The summed E-state index contributed by atoms with van der Waals surface area (Å²) in [6.45, 7) is 0. The Balaban J connectivity index is 2.47. The predicted octanol–water partition coefficient (Wildman–Crippen LogP) is 0.937. The number of ketones is 1. The number of carbonyl (C=O) groups is 1. The molecule has 0 amide bonds. The van der Waals surface area contributed by atoms with E-state index in [4.69, 9.17) is 10.5 Å². The molecule has 0 fully saturated rings. The van der Waals surface area contributed by atoms with Gasteiger partial charge in [-0.2, -0.15) is 0 Å². The molecule has 1 heterocycles. The number of fused-ring (bicyclic) bond motifs is 1. The standard InChI is InChI=1S/C9H9NO2/c10-9-5-7(11)6-3-1-2-4-8(6)12-9/h1-4,9H,5,10H2. The van der Waals surface area contributed by atoms with E-state index in [-0.39, 0.29) is 12.2 Å². The lowest BCUT2D eigenvalue weighted by molar-refractivity contribution is 0.0859. The highest BCUT2D eigenvalue weighted by molar-refractivity contribution is 5.99. The van der Waals surface area contributed by atoms with Gasteiger partial charge >= 0.3 is 0 Å². The molecule has 2 N–H and O–H groups in total. The van der Waals surface area contributed by atoms with Gasteiger partial charge < -0.3 is 4.74 Å². The Morgan fingerprint density at radius 2 is 2.17 bits per heavy atom. The van der Waals surface area contributed by atoms with Crippen molar-refractivity contribution in [3.63, 3.8) is 0 Å². The molecule has 1 aliphatic heterocycles. The topological polar surface area (TPSA) is 52.3 Å². The average Bonchev–Trinajstić information content (AvgIpc) is 2.04. The van der Waals surface area contributed by atoms with Gasteiger partial charge in [0.1, 0.15) is 5.75 Å². The predicted molar refractivity (Wildman–Crippen MR) is 44.0 cm³/mol. The lowest BCUT2D eigenvalue weighted by atomic mass is 10.0. The van der Waals surface area contributed by atoms with Gasteiger partial charge in [0, 0.05) is 0 Å². The van der Waals surface area contributed by atoms with Crippen LogP contribution in [0.15, 0.2) is 24.3 Å². The van der Waals surface area contributed by atoms with E-state index in [1.165, 1.54) is 0 Å². The third-order valence-electron chi connectivity index (χ3n) is 1.85. The summed E-state index contributed by atoms with van der Waals surface area (Å²) in [5.41, 5.74) is 6.14. The van der Waals surface area contributed by atoms with E-state index < -0.39 is 6.23 Å². The maximum absolute atomic E-state index is 11.3. The van der Waals surface area contributed by atoms with Crippen molar-refractivity contribution in [2.45, 2.75) is 12.6 Å². The molecular weight excluding hydrogens is 154 g/mol. The molecule has 0 radical (unpaired) electrons. The van der Waals surface area contributed by atoms with Gasteiger partial charge in [0.05, 0.1) is 12.0 Å². The first-order valence-electron chi connectivity index (χ1n) is 3.82. The third kappa shape index (κ3) is 1.08. The molecule has 0 saturated heterocycles. The number of hydrogen-bond donors (Lipinski definition) is 1. The van der Waals surface area contributed by atoms with E-state index in [9.17, 15) is 4.79 Å². The van der Waals surface area contributed by atoms with Gasteiger partial charge in [-0.15, -0.1) is 0 Å². The van der Waals surface area contributed by atoms with Crippen molar-refractivity contribution in [1.29, 1.82) is 0 Å². The largest absolute Gasteiger partial charge is 0.474 e. The van der Waals surface area contributed by atoms with Crippen molar-refractivity contribution in [2.75, 3.05) is 0 Å².